The van der Waals surface area contributed by atoms with Gasteiger partial charge in [0.15, 0.2) is 0 Å². The van der Waals surface area contributed by atoms with Crippen molar-refractivity contribution in [1.82, 2.24) is 0 Å². The van der Waals surface area contributed by atoms with Gasteiger partial charge in [0.25, 0.3) is 11.6 Å². The van der Waals surface area contributed by atoms with Crippen LogP contribution in [0.25, 0.3) is 0 Å². The number of hydrogen-bond acceptors (Lipinski definition) is 4. The van der Waals surface area contributed by atoms with E-state index in [2.05, 4.69) is 21.2 Å². The molecule has 0 aliphatic rings. The number of amides is 1. The Bertz CT molecular complexity index is 776. The maximum atomic E-state index is 12.2. The van der Waals surface area contributed by atoms with E-state index >= 15 is 0 Å². The van der Waals surface area contributed by atoms with Gasteiger partial charge in [0, 0.05) is 10.5 Å². The van der Waals surface area contributed by atoms with Crippen LogP contribution >= 0.6 is 15.9 Å². The fraction of sp³-hybridized carbons (Fsp3) is 0. The molecule has 1 amide bonds. The first kappa shape index (κ1) is 15.6. The number of carboxylic acids is 1. The molecule has 2 aromatic carbocycles. The van der Waals surface area contributed by atoms with E-state index in [1.807, 2.05) is 0 Å². The van der Waals surface area contributed by atoms with Gasteiger partial charge in [0.1, 0.15) is 5.56 Å². The van der Waals surface area contributed by atoms with Gasteiger partial charge in [-0.2, -0.15) is 0 Å². The lowest BCUT2D eigenvalue weighted by Crippen LogP contribution is -2.16. The molecule has 2 N–H and O–H groups in total. The summed E-state index contributed by atoms with van der Waals surface area (Å²) < 4.78 is 0.536. The van der Waals surface area contributed by atoms with E-state index in [1.165, 1.54) is 36.4 Å². The molecule has 8 heteroatoms. The Morgan fingerprint density at radius 2 is 1.82 bits per heavy atom. The van der Waals surface area contributed by atoms with Crippen molar-refractivity contribution in [1.29, 1.82) is 0 Å². The molecule has 0 aromatic heterocycles. The standard InChI is InChI=1S/C14H9BrN2O5/c15-8-5-6-11(10(7-8)14(19)20)16-13(18)9-3-1-2-4-12(9)17(21)22/h1-7H,(H,16,18)(H,19,20). The SMILES string of the molecule is O=C(O)c1cc(Br)ccc1NC(=O)c1ccccc1[N+](=O)[O-]. The highest BCUT2D eigenvalue weighted by Crippen LogP contribution is 2.24. The van der Waals surface area contributed by atoms with E-state index < -0.39 is 16.8 Å². The number of benzene rings is 2. The van der Waals surface area contributed by atoms with E-state index in [-0.39, 0.29) is 22.5 Å². The van der Waals surface area contributed by atoms with Crippen LogP contribution in [0.15, 0.2) is 46.9 Å². The number of carboxylic acid groups (broad SMARTS) is 1. The highest BCUT2D eigenvalue weighted by Gasteiger charge is 2.21. The van der Waals surface area contributed by atoms with Gasteiger partial charge in [-0.15, -0.1) is 0 Å². The summed E-state index contributed by atoms with van der Waals surface area (Å²) in [5.74, 6) is -1.98. The van der Waals surface area contributed by atoms with Crippen LogP contribution in [0.4, 0.5) is 11.4 Å². The van der Waals surface area contributed by atoms with Gasteiger partial charge >= 0.3 is 5.97 Å². The summed E-state index contributed by atoms with van der Waals surface area (Å²) in [6.45, 7) is 0. The number of aromatic carboxylic acids is 1. The summed E-state index contributed by atoms with van der Waals surface area (Å²) in [5.41, 5.74) is -0.569. The number of anilines is 1. The zero-order chi connectivity index (χ0) is 16.3. The first-order valence-corrected chi connectivity index (χ1v) is 6.77. The zero-order valence-corrected chi connectivity index (χ0v) is 12.5. The molecule has 0 aliphatic heterocycles. The topological polar surface area (TPSA) is 110 Å². The van der Waals surface area contributed by atoms with Crippen molar-refractivity contribution in [3.05, 3.63) is 68.2 Å². The molecule has 0 saturated carbocycles. The van der Waals surface area contributed by atoms with Crippen molar-refractivity contribution in [2.45, 2.75) is 0 Å². The normalized spacial score (nSPS) is 10.0. The van der Waals surface area contributed by atoms with Gasteiger partial charge in [-0.1, -0.05) is 28.1 Å². The summed E-state index contributed by atoms with van der Waals surface area (Å²) in [4.78, 5) is 33.6. The molecule has 0 fully saturated rings. The van der Waals surface area contributed by atoms with E-state index in [0.29, 0.717) is 4.47 Å². The third-order valence-electron chi connectivity index (χ3n) is 2.81. The Hall–Kier alpha value is -2.74. The van der Waals surface area contributed by atoms with E-state index in [1.54, 1.807) is 6.07 Å². The molecule has 2 rings (SSSR count). The van der Waals surface area contributed by atoms with Gasteiger partial charge in [-0.3, -0.25) is 14.9 Å². The van der Waals surface area contributed by atoms with Gasteiger partial charge in [0.2, 0.25) is 0 Å². The molecule has 0 saturated heterocycles. The van der Waals surface area contributed by atoms with Gasteiger partial charge in [-0.05, 0) is 24.3 Å². The molecular formula is C14H9BrN2O5. The summed E-state index contributed by atoms with van der Waals surface area (Å²) in [6, 6.07) is 9.72. The largest absolute Gasteiger partial charge is 0.478 e. The molecule has 0 heterocycles. The predicted molar refractivity (Wildman–Crippen MR) is 82.2 cm³/mol. The third-order valence-corrected chi connectivity index (χ3v) is 3.30. The zero-order valence-electron chi connectivity index (χ0n) is 10.9. The summed E-state index contributed by atoms with van der Waals surface area (Å²) in [6.07, 6.45) is 0. The highest BCUT2D eigenvalue weighted by atomic mass is 79.9. The van der Waals surface area contributed by atoms with E-state index in [0.717, 1.165) is 0 Å². The maximum absolute atomic E-state index is 12.2. The second-order valence-corrected chi connectivity index (χ2v) is 5.14. The Balaban J connectivity index is 2.38. The lowest BCUT2D eigenvalue weighted by molar-refractivity contribution is -0.385. The summed E-state index contributed by atoms with van der Waals surface area (Å²) in [7, 11) is 0. The number of carbonyl (C=O) groups is 2. The molecule has 0 aliphatic carbocycles. The van der Waals surface area contributed by atoms with Crippen LogP contribution in [-0.4, -0.2) is 21.9 Å². The van der Waals surface area contributed by atoms with Crippen LogP contribution in [-0.2, 0) is 0 Å². The number of carbonyl (C=O) groups excluding carboxylic acids is 1. The van der Waals surface area contributed by atoms with Crippen molar-refractivity contribution in [3.63, 3.8) is 0 Å². The van der Waals surface area contributed by atoms with E-state index in [4.69, 9.17) is 5.11 Å². The average molecular weight is 365 g/mol. The van der Waals surface area contributed by atoms with Crippen molar-refractivity contribution in [3.8, 4) is 0 Å². The molecule has 0 radical (unpaired) electrons. The van der Waals surface area contributed by atoms with E-state index in [9.17, 15) is 19.7 Å². The third kappa shape index (κ3) is 3.29. The number of nitrogens with zero attached hydrogens (tertiary/aromatic N) is 1. The van der Waals surface area contributed by atoms with Crippen LogP contribution in [0, 0.1) is 10.1 Å². The van der Waals surface area contributed by atoms with Crippen LogP contribution in [0.3, 0.4) is 0 Å². The second kappa shape index (κ2) is 6.35. The van der Waals surface area contributed by atoms with Crippen LogP contribution in [0.5, 0.6) is 0 Å². The molecular weight excluding hydrogens is 356 g/mol. The fourth-order valence-corrected chi connectivity index (χ4v) is 2.18. The minimum absolute atomic E-state index is 0.0545. The summed E-state index contributed by atoms with van der Waals surface area (Å²) in [5, 5.41) is 22.4. The Morgan fingerprint density at radius 1 is 1.14 bits per heavy atom. The first-order valence-electron chi connectivity index (χ1n) is 5.97. The molecule has 0 bridgehead atoms. The second-order valence-electron chi connectivity index (χ2n) is 4.22. The minimum atomic E-state index is -1.22. The predicted octanol–water partition coefficient (Wildman–Crippen LogP) is 3.31. The summed E-state index contributed by atoms with van der Waals surface area (Å²) >= 11 is 3.14. The highest BCUT2D eigenvalue weighted by molar-refractivity contribution is 9.10. The molecule has 0 atom stereocenters. The van der Waals surface area contributed by atoms with Gasteiger partial charge < -0.3 is 10.4 Å². The quantitative estimate of drug-likeness (QED) is 0.638. The lowest BCUT2D eigenvalue weighted by atomic mass is 10.1. The monoisotopic (exact) mass is 364 g/mol. The number of nitro benzene ring substituents is 1. The van der Waals surface area contributed by atoms with Crippen molar-refractivity contribution in [2.75, 3.05) is 5.32 Å². The van der Waals surface area contributed by atoms with Crippen molar-refractivity contribution in [2.24, 2.45) is 0 Å². The molecule has 0 unspecified atom stereocenters. The van der Waals surface area contributed by atoms with Crippen molar-refractivity contribution < 1.29 is 19.6 Å². The Morgan fingerprint density at radius 3 is 2.45 bits per heavy atom. The van der Waals surface area contributed by atoms with Crippen LogP contribution in [0.1, 0.15) is 20.7 Å². The molecule has 112 valence electrons. The fourth-order valence-electron chi connectivity index (χ4n) is 1.82. The number of nitro groups is 1. The smallest absolute Gasteiger partial charge is 0.337 e. The van der Waals surface area contributed by atoms with Gasteiger partial charge in [0.05, 0.1) is 16.2 Å². The number of nitrogens with one attached hydrogen (secondary N) is 1. The van der Waals surface area contributed by atoms with Crippen LogP contribution in [0.2, 0.25) is 0 Å². The number of para-hydroxylation sites is 1. The molecule has 2 aromatic rings. The Kier molecular flexibility index (Phi) is 4.52. The minimum Gasteiger partial charge on any atom is -0.478 e. The molecule has 0 spiro atoms. The molecule has 7 nitrogen and oxygen atoms in total. The lowest BCUT2D eigenvalue weighted by Gasteiger charge is -2.09. The average Bonchev–Trinajstić information content (AvgIpc) is 2.48. The molecule has 22 heavy (non-hydrogen) atoms. The first-order chi connectivity index (χ1) is 10.4. The van der Waals surface area contributed by atoms with Crippen molar-refractivity contribution >= 4 is 39.2 Å². The Labute approximate surface area is 132 Å². The number of hydrogen-bond donors (Lipinski definition) is 2. The number of rotatable bonds is 4. The van der Waals surface area contributed by atoms with Gasteiger partial charge in [-0.25, -0.2) is 4.79 Å². The number of halogens is 1. The van der Waals surface area contributed by atoms with Crippen LogP contribution < -0.4 is 5.32 Å². The maximum Gasteiger partial charge on any atom is 0.337 e.